The monoisotopic (exact) mass is 326 g/mol. The average molecular weight is 327 g/mol. The van der Waals surface area contributed by atoms with Gasteiger partial charge in [0, 0.05) is 29.1 Å². The maximum atomic E-state index is 12.5. The average Bonchev–Trinajstić information content (AvgIpc) is 3.26. The minimum atomic E-state index is 0.106. The highest BCUT2D eigenvalue weighted by Crippen LogP contribution is 2.49. The second kappa shape index (κ2) is 6.15. The summed E-state index contributed by atoms with van der Waals surface area (Å²) in [6.45, 7) is 2.43. The molecule has 2 atom stereocenters. The molecule has 1 heterocycles. The number of benzene rings is 1. The Morgan fingerprint density at radius 1 is 1.19 bits per heavy atom. The zero-order chi connectivity index (χ0) is 15.0. The van der Waals surface area contributed by atoms with Crippen molar-refractivity contribution in [1.82, 2.24) is 4.90 Å². The van der Waals surface area contributed by atoms with Crippen LogP contribution in [0.25, 0.3) is 0 Å². The molecule has 3 rings (SSSR count). The fourth-order valence-electron chi connectivity index (χ4n) is 3.25. The van der Waals surface area contributed by atoms with E-state index in [0.29, 0.717) is 16.0 Å². The van der Waals surface area contributed by atoms with Gasteiger partial charge in [0.15, 0.2) is 0 Å². The highest BCUT2D eigenvalue weighted by atomic mass is 35.5. The zero-order valence-electron chi connectivity index (χ0n) is 11.9. The summed E-state index contributed by atoms with van der Waals surface area (Å²) in [5.41, 5.74) is 6.78. The van der Waals surface area contributed by atoms with Crippen LogP contribution in [0.2, 0.25) is 10.0 Å². The predicted molar refractivity (Wildman–Crippen MR) is 85.7 cm³/mol. The molecular weight excluding hydrogens is 307 g/mol. The molecule has 0 radical (unpaired) electrons. The van der Waals surface area contributed by atoms with Gasteiger partial charge in [0.05, 0.1) is 0 Å². The summed E-state index contributed by atoms with van der Waals surface area (Å²) in [7, 11) is 0. The summed E-state index contributed by atoms with van der Waals surface area (Å²) in [6, 6.07) is 5.57. The lowest BCUT2D eigenvalue weighted by Gasteiger charge is -2.31. The van der Waals surface area contributed by atoms with Crippen LogP contribution in [0.1, 0.15) is 30.7 Å². The quantitative estimate of drug-likeness (QED) is 0.926. The molecule has 1 saturated carbocycles. The van der Waals surface area contributed by atoms with Crippen molar-refractivity contribution in [1.29, 1.82) is 0 Å². The van der Waals surface area contributed by atoms with E-state index in [9.17, 15) is 4.79 Å². The molecule has 2 N–H and O–H groups in total. The van der Waals surface area contributed by atoms with Crippen molar-refractivity contribution < 1.29 is 4.79 Å². The summed E-state index contributed by atoms with van der Waals surface area (Å²) in [5.74, 6) is 1.25. The molecule has 1 saturated heterocycles. The molecular formula is C16H20Cl2N2O. The van der Waals surface area contributed by atoms with Crippen LogP contribution in [0, 0.1) is 11.8 Å². The maximum absolute atomic E-state index is 12.5. The third-order valence-corrected chi connectivity index (χ3v) is 5.12. The Balaban J connectivity index is 1.61. The molecule has 2 aliphatic rings. The number of hydrogen-bond donors (Lipinski definition) is 1. The minimum Gasteiger partial charge on any atom is -0.342 e. The summed E-state index contributed by atoms with van der Waals surface area (Å²) >= 11 is 12.1. The van der Waals surface area contributed by atoms with Crippen LogP contribution in [-0.4, -0.2) is 30.4 Å². The Morgan fingerprint density at radius 2 is 1.81 bits per heavy atom. The van der Waals surface area contributed by atoms with Gasteiger partial charge in [-0.25, -0.2) is 0 Å². The number of nitrogens with two attached hydrogens (primary N) is 1. The highest BCUT2D eigenvalue weighted by Gasteiger charge is 2.46. The summed E-state index contributed by atoms with van der Waals surface area (Å²) in [4.78, 5) is 14.5. The van der Waals surface area contributed by atoms with E-state index in [-0.39, 0.29) is 17.7 Å². The van der Waals surface area contributed by atoms with E-state index < -0.39 is 0 Å². The van der Waals surface area contributed by atoms with Crippen LogP contribution < -0.4 is 5.73 Å². The molecule has 5 heteroatoms. The number of halogens is 2. The molecule has 1 aromatic carbocycles. The number of amides is 1. The van der Waals surface area contributed by atoms with Gasteiger partial charge in [0.25, 0.3) is 0 Å². The van der Waals surface area contributed by atoms with E-state index in [1.165, 1.54) is 0 Å². The molecule has 2 unspecified atom stereocenters. The van der Waals surface area contributed by atoms with Crippen LogP contribution in [0.4, 0.5) is 0 Å². The predicted octanol–water partition coefficient (Wildman–Crippen LogP) is 3.29. The summed E-state index contributed by atoms with van der Waals surface area (Å²) in [6.07, 6.45) is 2.97. The van der Waals surface area contributed by atoms with E-state index in [4.69, 9.17) is 28.9 Å². The lowest BCUT2D eigenvalue weighted by molar-refractivity contribution is -0.134. The Labute approximate surface area is 135 Å². The molecule has 1 aliphatic carbocycles. The van der Waals surface area contributed by atoms with Crippen molar-refractivity contribution in [2.24, 2.45) is 17.6 Å². The first-order chi connectivity index (χ1) is 10.1. The minimum absolute atomic E-state index is 0.106. The Kier molecular flexibility index (Phi) is 4.43. The van der Waals surface area contributed by atoms with Gasteiger partial charge in [0.2, 0.25) is 5.91 Å². The van der Waals surface area contributed by atoms with Crippen LogP contribution in [0.3, 0.4) is 0 Å². The van der Waals surface area contributed by atoms with E-state index in [1.54, 1.807) is 6.07 Å². The van der Waals surface area contributed by atoms with Crippen LogP contribution in [0.15, 0.2) is 18.2 Å². The topological polar surface area (TPSA) is 46.3 Å². The van der Waals surface area contributed by atoms with Gasteiger partial charge in [0.1, 0.15) is 0 Å². The molecule has 3 nitrogen and oxygen atoms in total. The van der Waals surface area contributed by atoms with Gasteiger partial charge in [-0.05, 0) is 61.4 Å². The number of rotatable bonds is 3. The third kappa shape index (κ3) is 3.36. The fraction of sp³-hybridized carbons (Fsp3) is 0.562. The number of hydrogen-bond acceptors (Lipinski definition) is 2. The van der Waals surface area contributed by atoms with Gasteiger partial charge < -0.3 is 10.6 Å². The number of carbonyl (C=O) groups excluding carboxylic acids is 1. The van der Waals surface area contributed by atoms with Crippen molar-refractivity contribution >= 4 is 29.1 Å². The van der Waals surface area contributed by atoms with Crippen molar-refractivity contribution in [3.63, 3.8) is 0 Å². The van der Waals surface area contributed by atoms with Gasteiger partial charge >= 0.3 is 0 Å². The van der Waals surface area contributed by atoms with E-state index >= 15 is 0 Å². The van der Waals surface area contributed by atoms with Gasteiger partial charge in [-0.15, -0.1) is 0 Å². The van der Waals surface area contributed by atoms with Crippen LogP contribution in [-0.2, 0) is 4.79 Å². The Hall–Kier alpha value is -0.770. The van der Waals surface area contributed by atoms with Crippen molar-refractivity contribution in [3.05, 3.63) is 33.8 Å². The lowest BCUT2D eigenvalue weighted by Crippen LogP contribution is -2.41. The summed E-state index contributed by atoms with van der Waals surface area (Å²) in [5, 5.41) is 1.28. The molecule has 0 aromatic heterocycles. The second-order valence-corrected chi connectivity index (χ2v) is 7.03. The number of piperidine rings is 1. The lowest BCUT2D eigenvalue weighted by atomic mass is 9.96. The molecule has 114 valence electrons. The van der Waals surface area contributed by atoms with Crippen molar-refractivity contribution in [2.75, 3.05) is 19.6 Å². The summed E-state index contributed by atoms with van der Waals surface area (Å²) < 4.78 is 0. The van der Waals surface area contributed by atoms with E-state index in [1.807, 2.05) is 17.0 Å². The molecule has 21 heavy (non-hydrogen) atoms. The third-order valence-electron chi connectivity index (χ3n) is 4.68. The Bertz CT molecular complexity index is 521. The smallest absolute Gasteiger partial charge is 0.226 e. The molecule has 1 aliphatic heterocycles. The molecule has 1 aromatic rings. The van der Waals surface area contributed by atoms with Crippen molar-refractivity contribution in [3.8, 4) is 0 Å². The standard InChI is InChI=1S/C16H20Cl2N2O/c17-12-5-11(6-13(18)7-12)14-8-15(14)16(21)20-3-1-10(9-19)2-4-20/h5-7,10,14-15H,1-4,8-9,19H2. The fourth-order valence-corrected chi connectivity index (χ4v) is 3.79. The van der Waals surface area contributed by atoms with Crippen LogP contribution in [0.5, 0.6) is 0 Å². The first-order valence-corrected chi connectivity index (χ1v) is 8.29. The first kappa shape index (κ1) is 15.1. The Morgan fingerprint density at radius 3 is 2.38 bits per heavy atom. The molecule has 1 amide bonds. The van der Waals surface area contributed by atoms with E-state index in [2.05, 4.69) is 0 Å². The van der Waals surface area contributed by atoms with E-state index in [0.717, 1.165) is 44.5 Å². The highest BCUT2D eigenvalue weighted by molar-refractivity contribution is 6.34. The van der Waals surface area contributed by atoms with Crippen molar-refractivity contribution in [2.45, 2.75) is 25.2 Å². The molecule has 2 fully saturated rings. The zero-order valence-corrected chi connectivity index (χ0v) is 13.4. The molecule has 0 bridgehead atoms. The SMILES string of the molecule is NCC1CCN(C(=O)C2CC2c2cc(Cl)cc(Cl)c2)CC1. The second-order valence-electron chi connectivity index (χ2n) is 6.16. The van der Waals surface area contributed by atoms with Gasteiger partial charge in [-0.3, -0.25) is 4.79 Å². The number of carbonyl (C=O) groups is 1. The van der Waals surface area contributed by atoms with Gasteiger partial charge in [-0.1, -0.05) is 23.2 Å². The number of nitrogens with zero attached hydrogens (tertiary/aromatic N) is 1. The first-order valence-electron chi connectivity index (χ1n) is 7.53. The maximum Gasteiger partial charge on any atom is 0.226 e. The number of likely N-dealkylation sites (tertiary alicyclic amines) is 1. The van der Waals surface area contributed by atoms with Crippen LogP contribution >= 0.6 is 23.2 Å². The normalized spacial score (nSPS) is 26.0. The largest absolute Gasteiger partial charge is 0.342 e. The molecule has 0 spiro atoms. The van der Waals surface area contributed by atoms with Gasteiger partial charge in [-0.2, -0.15) is 0 Å².